The van der Waals surface area contributed by atoms with Gasteiger partial charge in [-0.2, -0.15) is 0 Å². The molecule has 1 aromatic carbocycles. The normalized spacial score (nSPS) is 21.7. The minimum absolute atomic E-state index is 0.185. The van der Waals surface area contributed by atoms with Gasteiger partial charge in [0.05, 0.1) is 33.5 Å². The fourth-order valence-electron chi connectivity index (χ4n) is 4.43. The summed E-state index contributed by atoms with van der Waals surface area (Å²) in [5, 5.41) is 7.08. The maximum Gasteiger partial charge on any atom is 0.191 e. The van der Waals surface area contributed by atoms with Crippen LogP contribution in [0.2, 0.25) is 0 Å². The quantitative estimate of drug-likeness (QED) is 0.453. The molecule has 0 aromatic heterocycles. The summed E-state index contributed by atoms with van der Waals surface area (Å²) in [6.45, 7) is 10.8. The number of methoxy groups -OCH3 is 2. The van der Waals surface area contributed by atoms with Crippen LogP contribution in [0.15, 0.2) is 23.2 Å². The molecular weight excluding hydrogens is 394 g/mol. The largest absolute Gasteiger partial charge is 0.493 e. The highest BCUT2D eigenvalue weighted by molar-refractivity contribution is 5.79. The van der Waals surface area contributed by atoms with Crippen LogP contribution in [-0.4, -0.2) is 96.1 Å². The number of benzene rings is 1. The van der Waals surface area contributed by atoms with Gasteiger partial charge in [0.25, 0.3) is 0 Å². The average molecular weight is 434 g/mol. The topological polar surface area (TPSA) is 70.6 Å². The van der Waals surface area contributed by atoms with E-state index >= 15 is 0 Å². The van der Waals surface area contributed by atoms with Gasteiger partial charge in [-0.25, -0.2) is 0 Å². The molecule has 0 radical (unpaired) electrons. The standard InChI is InChI=1S/C23H39N5O3/c1-5-27-9-8-18(17-27)15-25-23(24-2)26-16-20(28-10-12-31-13-11-28)19-6-7-21(29-3)22(14-19)30-4/h6-7,14,18,20H,5,8-13,15-17H2,1-4H3,(H2,24,25,26). The highest BCUT2D eigenvalue weighted by Gasteiger charge is 2.25. The average Bonchev–Trinajstić information content (AvgIpc) is 3.29. The van der Waals surface area contributed by atoms with Crippen molar-refractivity contribution in [1.29, 1.82) is 0 Å². The summed E-state index contributed by atoms with van der Waals surface area (Å²) >= 11 is 0. The fourth-order valence-corrected chi connectivity index (χ4v) is 4.43. The Kier molecular flexibility index (Phi) is 9.24. The van der Waals surface area contributed by atoms with Crippen molar-refractivity contribution in [2.75, 3.05) is 80.3 Å². The van der Waals surface area contributed by atoms with Gasteiger partial charge in [-0.05, 0) is 43.1 Å². The zero-order valence-electron chi connectivity index (χ0n) is 19.5. The Morgan fingerprint density at radius 1 is 1.16 bits per heavy atom. The molecule has 2 heterocycles. The lowest BCUT2D eigenvalue weighted by Crippen LogP contribution is -2.47. The van der Waals surface area contributed by atoms with Crippen molar-refractivity contribution in [2.24, 2.45) is 10.9 Å². The maximum absolute atomic E-state index is 5.58. The van der Waals surface area contributed by atoms with E-state index in [4.69, 9.17) is 14.2 Å². The number of nitrogens with zero attached hydrogens (tertiary/aromatic N) is 3. The first-order valence-corrected chi connectivity index (χ1v) is 11.4. The molecule has 0 aliphatic carbocycles. The molecule has 0 spiro atoms. The van der Waals surface area contributed by atoms with Crippen LogP contribution in [-0.2, 0) is 4.74 Å². The first-order valence-electron chi connectivity index (χ1n) is 11.4. The Morgan fingerprint density at radius 2 is 1.94 bits per heavy atom. The van der Waals surface area contributed by atoms with Crippen molar-refractivity contribution in [1.82, 2.24) is 20.4 Å². The number of ether oxygens (including phenoxy) is 3. The van der Waals surface area contributed by atoms with E-state index in [-0.39, 0.29) is 6.04 Å². The van der Waals surface area contributed by atoms with Gasteiger partial charge in [0, 0.05) is 39.8 Å². The summed E-state index contributed by atoms with van der Waals surface area (Å²) in [5.41, 5.74) is 1.19. The fraction of sp³-hybridized carbons (Fsp3) is 0.696. The molecule has 2 aliphatic heterocycles. The molecule has 2 saturated heterocycles. The van der Waals surface area contributed by atoms with Crippen LogP contribution in [0.3, 0.4) is 0 Å². The van der Waals surface area contributed by atoms with E-state index in [0.29, 0.717) is 5.92 Å². The van der Waals surface area contributed by atoms with E-state index in [0.717, 1.165) is 63.4 Å². The molecule has 0 amide bonds. The van der Waals surface area contributed by atoms with Crippen LogP contribution in [0.1, 0.15) is 24.9 Å². The van der Waals surface area contributed by atoms with E-state index in [1.54, 1.807) is 14.2 Å². The third-order valence-corrected chi connectivity index (χ3v) is 6.34. The first kappa shape index (κ1) is 23.6. The number of hydrogen-bond donors (Lipinski definition) is 2. The van der Waals surface area contributed by atoms with Crippen LogP contribution in [0.5, 0.6) is 11.5 Å². The van der Waals surface area contributed by atoms with Crippen molar-refractivity contribution in [3.63, 3.8) is 0 Å². The second-order valence-electron chi connectivity index (χ2n) is 8.16. The highest BCUT2D eigenvalue weighted by atomic mass is 16.5. The first-order chi connectivity index (χ1) is 15.2. The van der Waals surface area contributed by atoms with E-state index in [9.17, 15) is 0 Å². The summed E-state index contributed by atoms with van der Waals surface area (Å²) in [6, 6.07) is 6.37. The Labute approximate surface area is 186 Å². The summed E-state index contributed by atoms with van der Waals surface area (Å²) in [4.78, 5) is 9.42. The molecule has 8 heteroatoms. The molecule has 8 nitrogen and oxygen atoms in total. The van der Waals surface area contributed by atoms with E-state index in [1.165, 1.54) is 25.1 Å². The minimum Gasteiger partial charge on any atom is -0.493 e. The van der Waals surface area contributed by atoms with E-state index in [2.05, 4.69) is 44.5 Å². The second-order valence-corrected chi connectivity index (χ2v) is 8.16. The molecule has 2 N–H and O–H groups in total. The lowest BCUT2D eigenvalue weighted by molar-refractivity contribution is 0.0169. The number of nitrogens with one attached hydrogen (secondary N) is 2. The number of aliphatic imine (C=N–C) groups is 1. The maximum atomic E-state index is 5.58. The van der Waals surface area contributed by atoms with Crippen LogP contribution in [0, 0.1) is 5.92 Å². The predicted molar refractivity (Wildman–Crippen MR) is 124 cm³/mol. The molecule has 0 saturated carbocycles. The van der Waals surface area contributed by atoms with Gasteiger partial charge in [-0.1, -0.05) is 13.0 Å². The zero-order valence-corrected chi connectivity index (χ0v) is 19.5. The predicted octanol–water partition coefficient (Wildman–Crippen LogP) is 1.58. The molecule has 174 valence electrons. The van der Waals surface area contributed by atoms with Crippen molar-refractivity contribution in [3.8, 4) is 11.5 Å². The zero-order chi connectivity index (χ0) is 22.1. The smallest absolute Gasteiger partial charge is 0.191 e. The second kappa shape index (κ2) is 12.1. The van der Waals surface area contributed by atoms with Crippen LogP contribution in [0.4, 0.5) is 0 Å². The number of likely N-dealkylation sites (tertiary alicyclic amines) is 1. The Bertz CT molecular complexity index is 708. The lowest BCUT2D eigenvalue weighted by Gasteiger charge is -2.35. The SMILES string of the molecule is CCN1CCC(CNC(=NC)NCC(c2ccc(OC)c(OC)c2)N2CCOCC2)C1. The number of morpholine rings is 1. The highest BCUT2D eigenvalue weighted by Crippen LogP contribution is 2.32. The van der Waals surface area contributed by atoms with Gasteiger partial charge >= 0.3 is 0 Å². The minimum atomic E-state index is 0.185. The number of hydrogen-bond acceptors (Lipinski definition) is 6. The van der Waals surface area contributed by atoms with Gasteiger partial charge in [0.1, 0.15) is 0 Å². The Hall–Kier alpha value is -2.03. The van der Waals surface area contributed by atoms with Gasteiger partial charge in [-0.3, -0.25) is 9.89 Å². The van der Waals surface area contributed by atoms with E-state index < -0.39 is 0 Å². The molecule has 31 heavy (non-hydrogen) atoms. The van der Waals surface area contributed by atoms with Gasteiger partial charge in [0.2, 0.25) is 0 Å². The molecule has 1 aromatic rings. The summed E-state index contributed by atoms with van der Waals surface area (Å²) in [6.07, 6.45) is 1.25. The van der Waals surface area contributed by atoms with Crippen molar-refractivity contribution < 1.29 is 14.2 Å². The van der Waals surface area contributed by atoms with E-state index in [1.807, 2.05) is 13.1 Å². The summed E-state index contributed by atoms with van der Waals surface area (Å²) in [5.74, 6) is 3.03. The molecule has 2 unspecified atom stereocenters. The van der Waals surface area contributed by atoms with Crippen molar-refractivity contribution in [3.05, 3.63) is 23.8 Å². The van der Waals surface area contributed by atoms with Crippen molar-refractivity contribution in [2.45, 2.75) is 19.4 Å². The third kappa shape index (κ3) is 6.48. The summed E-state index contributed by atoms with van der Waals surface area (Å²) < 4.78 is 16.5. The molecule has 2 aliphatic rings. The van der Waals surface area contributed by atoms with Gasteiger partial charge < -0.3 is 29.7 Å². The summed E-state index contributed by atoms with van der Waals surface area (Å²) in [7, 11) is 5.18. The number of rotatable bonds is 9. The third-order valence-electron chi connectivity index (χ3n) is 6.34. The molecule has 0 bridgehead atoms. The molecule has 2 atom stereocenters. The lowest BCUT2D eigenvalue weighted by atomic mass is 10.0. The van der Waals surface area contributed by atoms with Gasteiger partial charge in [-0.15, -0.1) is 0 Å². The van der Waals surface area contributed by atoms with Crippen LogP contribution in [0.25, 0.3) is 0 Å². The molecular formula is C23H39N5O3. The molecule has 2 fully saturated rings. The molecule has 3 rings (SSSR count). The van der Waals surface area contributed by atoms with Crippen LogP contribution >= 0.6 is 0 Å². The number of guanidine groups is 1. The Morgan fingerprint density at radius 3 is 2.58 bits per heavy atom. The Balaban J connectivity index is 1.64. The van der Waals surface area contributed by atoms with Crippen molar-refractivity contribution >= 4 is 5.96 Å². The van der Waals surface area contributed by atoms with Gasteiger partial charge in [0.15, 0.2) is 17.5 Å². The van der Waals surface area contributed by atoms with Crippen LogP contribution < -0.4 is 20.1 Å². The monoisotopic (exact) mass is 433 g/mol.